The molecule has 0 aliphatic carbocycles. The number of hydrogen-bond donors (Lipinski definition) is 3. The van der Waals surface area contributed by atoms with Crippen LogP contribution in [0.25, 0.3) is 0 Å². The molecule has 20 heavy (non-hydrogen) atoms. The summed E-state index contributed by atoms with van der Waals surface area (Å²) in [5.41, 5.74) is 10.0. The van der Waals surface area contributed by atoms with E-state index in [9.17, 15) is 9.90 Å². The number of nitrogens with zero attached hydrogens (tertiary/aromatic N) is 2. The van der Waals surface area contributed by atoms with Gasteiger partial charge in [0.05, 0.1) is 11.4 Å². The van der Waals surface area contributed by atoms with E-state index in [1.165, 1.54) is 0 Å². The lowest BCUT2D eigenvalue weighted by Crippen LogP contribution is -2.19. The van der Waals surface area contributed by atoms with Crippen LogP contribution in [0.1, 0.15) is 27.9 Å². The molecule has 1 aromatic heterocycles. The van der Waals surface area contributed by atoms with Crippen LogP contribution in [0.15, 0.2) is 29.4 Å². The number of rotatable bonds is 3. The van der Waals surface area contributed by atoms with Crippen LogP contribution in [-0.4, -0.2) is 21.7 Å². The molecule has 4 N–H and O–H groups in total. The van der Waals surface area contributed by atoms with Crippen molar-refractivity contribution in [3.63, 3.8) is 0 Å². The molecule has 0 bridgehead atoms. The number of benzene rings is 1. The van der Waals surface area contributed by atoms with Gasteiger partial charge in [0.1, 0.15) is 10.6 Å². The Kier molecular flexibility index (Phi) is 3.99. The third-order valence-corrected chi connectivity index (χ3v) is 3.61. The maximum absolute atomic E-state index is 11.9. The highest BCUT2D eigenvalue weighted by atomic mass is 32.1. The zero-order valence-corrected chi connectivity index (χ0v) is 11.9. The SMILES string of the molecule is CC(=NNC(=O)c1sc(N)nc1C)c1ccc(O)cc1. The Bertz CT molecular complexity index is 662. The van der Waals surface area contributed by atoms with Crippen LogP contribution >= 0.6 is 11.3 Å². The highest BCUT2D eigenvalue weighted by Gasteiger charge is 2.13. The van der Waals surface area contributed by atoms with Gasteiger partial charge in [0.15, 0.2) is 5.13 Å². The third-order valence-electron chi connectivity index (χ3n) is 2.63. The second-order valence-corrected chi connectivity index (χ2v) is 5.18. The first kappa shape index (κ1) is 14.0. The van der Waals surface area contributed by atoms with Crippen molar-refractivity contribution in [3.05, 3.63) is 40.4 Å². The third kappa shape index (κ3) is 3.12. The van der Waals surface area contributed by atoms with Gasteiger partial charge in [-0.25, -0.2) is 10.4 Å². The number of phenolic OH excluding ortho intramolecular Hbond substituents is 1. The molecule has 0 unspecified atom stereocenters. The van der Waals surface area contributed by atoms with E-state index in [1.54, 1.807) is 38.1 Å². The number of nitrogens with one attached hydrogen (secondary N) is 1. The highest BCUT2D eigenvalue weighted by Crippen LogP contribution is 2.19. The number of thiazole rings is 1. The summed E-state index contributed by atoms with van der Waals surface area (Å²) in [6.45, 7) is 3.48. The Hall–Kier alpha value is -2.41. The first-order valence-electron chi connectivity index (χ1n) is 5.84. The van der Waals surface area contributed by atoms with Crippen LogP contribution in [0.5, 0.6) is 5.75 Å². The lowest BCUT2D eigenvalue weighted by Gasteiger charge is -2.02. The van der Waals surface area contributed by atoms with E-state index < -0.39 is 0 Å². The van der Waals surface area contributed by atoms with Crippen LogP contribution in [0.3, 0.4) is 0 Å². The number of carbonyl (C=O) groups excluding carboxylic acids is 1. The summed E-state index contributed by atoms with van der Waals surface area (Å²) in [5.74, 6) is -0.156. The Morgan fingerprint density at radius 1 is 1.40 bits per heavy atom. The maximum atomic E-state index is 11.9. The molecule has 0 saturated carbocycles. The number of aromatic nitrogens is 1. The van der Waals surface area contributed by atoms with Crippen molar-refractivity contribution in [3.8, 4) is 5.75 Å². The fourth-order valence-corrected chi connectivity index (χ4v) is 2.30. The first-order valence-corrected chi connectivity index (χ1v) is 6.66. The molecule has 0 fully saturated rings. The van der Waals surface area contributed by atoms with Crippen LogP contribution < -0.4 is 11.2 Å². The van der Waals surface area contributed by atoms with Gasteiger partial charge in [-0.3, -0.25) is 4.79 Å². The summed E-state index contributed by atoms with van der Waals surface area (Å²) in [5, 5.41) is 13.6. The fraction of sp³-hybridized carbons (Fsp3) is 0.154. The Morgan fingerprint density at radius 2 is 2.05 bits per heavy atom. The number of amides is 1. The van der Waals surface area contributed by atoms with E-state index in [2.05, 4.69) is 15.5 Å². The zero-order valence-electron chi connectivity index (χ0n) is 11.0. The maximum Gasteiger partial charge on any atom is 0.283 e. The highest BCUT2D eigenvalue weighted by molar-refractivity contribution is 7.17. The van der Waals surface area contributed by atoms with Crippen LogP contribution in [-0.2, 0) is 0 Å². The zero-order chi connectivity index (χ0) is 14.7. The smallest absolute Gasteiger partial charge is 0.283 e. The van der Waals surface area contributed by atoms with Crippen molar-refractivity contribution >= 4 is 28.1 Å². The van der Waals surface area contributed by atoms with Crippen molar-refractivity contribution < 1.29 is 9.90 Å². The number of hydrazone groups is 1. The lowest BCUT2D eigenvalue weighted by atomic mass is 10.1. The topological polar surface area (TPSA) is 101 Å². The summed E-state index contributed by atoms with van der Waals surface area (Å²) in [7, 11) is 0. The Balaban J connectivity index is 2.10. The summed E-state index contributed by atoms with van der Waals surface area (Å²) < 4.78 is 0. The van der Waals surface area contributed by atoms with Gasteiger partial charge < -0.3 is 10.8 Å². The van der Waals surface area contributed by atoms with Crippen LogP contribution in [0.2, 0.25) is 0 Å². The number of hydrogen-bond acceptors (Lipinski definition) is 6. The molecule has 1 aromatic carbocycles. The molecule has 7 heteroatoms. The van der Waals surface area contributed by atoms with Gasteiger partial charge in [-0.15, -0.1) is 0 Å². The molecule has 0 atom stereocenters. The molecule has 1 heterocycles. The van der Waals surface area contributed by atoms with Gasteiger partial charge >= 0.3 is 0 Å². The molecular weight excluding hydrogens is 276 g/mol. The molecule has 0 spiro atoms. The summed E-state index contributed by atoms with van der Waals surface area (Å²) >= 11 is 1.12. The van der Waals surface area contributed by atoms with Crippen LogP contribution in [0.4, 0.5) is 5.13 Å². The van der Waals surface area contributed by atoms with Crippen molar-refractivity contribution in [1.29, 1.82) is 0 Å². The molecule has 6 nitrogen and oxygen atoms in total. The predicted molar refractivity (Wildman–Crippen MR) is 79.0 cm³/mol. The molecule has 2 rings (SSSR count). The van der Waals surface area contributed by atoms with Gasteiger partial charge in [-0.05, 0) is 43.7 Å². The Morgan fingerprint density at radius 3 is 2.60 bits per heavy atom. The second-order valence-electron chi connectivity index (χ2n) is 4.15. The second kappa shape index (κ2) is 5.70. The van der Waals surface area contributed by atoms with Crippen molar-refractivity contribution in [2.24, 2.45) is 5.10 Å². The van der Waals surface area contributed by atoms with Gasteiger partial charge in [-0.1, -0.05) is 11.3 Å². The van der Waals surface area contributed by atoms with E-state index in [1.807, 2.05) is 0 Å². The van der Waals surface area contributed by atoms with Crippen molar-refractivity contribution in [1.82, 2.24) is 10.4 Å². The summed E-state index contributed by atoms with van der Waals surface area (Å²) in [6, 6.07) is 6.56. The molecule has 1 amide bonds. The van der Waals surface area contributed by atoms with Gasteiger partial charge in [0, 0.05) is 0 Å². The fourth-order valence-electron chi connectivity index (χ4n) is 1.58. The minimum Gasteiger partial charge on any atom is -0.508 e. The predicted octanol–water partition coefficient (Wildman–Crippen LogP) is 1.89. The number of anilines is 1. The quantitative estimate of drug-likeness (QED) is 0.593. The normalized spacial score (nSPS) is 11.4. The Labute approximate surface area is 120 Å². The molecule has 104 valence electrons. The molecule has 2 aromatic rings. The average molecular weight is 290 g/mol. The molecule has 0 aliphatic rings. The molecular formula is C13H14N4O2S. The van der Waals surface area contributed by atoms with E-state index in [0.29, 0.717) is 21.4 Å². The minimum absolute atomic E-state index is 0.182. The number of nitrogens with two attached hydrogens (primary N) is 1. The minimum atomic E-state index is -0.338. The number of phenols is 1. The van der Waals surface area contributed by atoms with Crippen molar-refractivity contribution in [2.75, 3.05) is 5.73 Å². The first-order chi connectivity index (χ1) is 9.47. The monoisotopic (exact) mass is 290 g/mol. The number of nitrogen functional groups attached to an aromatic ring is 1. The molecule has 0 radical (unpaired) electrons. The summed E-state index contributed by atoms with van der Waals surface area (Å²) in [4.78, 5) is 16.4. The summed E-state index contributed by atoms with van der Waals surface area (Å²) in [6.07, 6.45) is 0. The average Bonchev–Trinajstić information content (AvgIpc) is 2.75. The van der Waals surface area contributed by atoms with Gasteiger partial charge in [0.2, 0.25) is 0 Å². The number of carbonyl (C=O) groups is 1. The number of aryl methyl sites for hydroxylation is 1. The van der Waals surface area contributed by atoms with Gasteiger partial charge in [-0.2, -0.15) is 5.10 Å². The van der Waals surface area contributed by atoms with E-state index in [-0.39, 0.29) is 11.7 Å². The van der Waals surface area contributed by atoms with Gasteiger partial charge in [0.25, 0.3) is 5.91 Å². The van der Waals surface area contributed by atoms with E-state index >= 15 is 0 Å². The van der Waals surface area contributed by atoms with E-state index in [4.69, 9.17) is 5.73 Å². The lowest BCUT2D eigenvalue weighted by molar-refractivity contribution is 0.0958. The standard InChI is InChI=1S/C13H14N4O2S/c1-7(9-3-5-10(18)6-4-9)16-17-12(19)11-8(2)15-13(14)20-11/h3-6,18H,1-2H3,(H2,14,15)(H,17,19). The van der Waals surface area contributed by atoms with Crippen LogP contribution in [0, 0.1) is 6.92 Å². The van der Waals surface area contributed by atoms with Crippen molar-refractivity contribution in [2.45, 2.75) is 13.8 Å². The largest absolute Gasteiger partial charge is 0.508 e. The number of aromatic hydroxyl groups is 1. The molecule has 0 saturated heterocycles. The molecule has 0 aliphatic heterocycles. The van der Waals surface area contributed by atoms with E-state index in [0.717, 1.165) is 16.9 Å².